The van der Waals surface area contributed by atoms with E-state index < -0.39 is 11.8 Å². The molecule has 4 aromatic carbocycles. The van der Waals surface area contributed by atoms with Crippen LogP contribution in [-0.2, 0) is 0 Å². The van der Waals surface area contributed by atoms with E-state index in [2.05, 4.69) is 36.4 Å². The summed E-state index contributed by atoms with van der Waals surface area (Å²) in [6.07, 6.45) is 0. The predicted molar refractivity (Wildman–Crippen MR) is 128 cm³/mol. The highest BCUT2D eigenvalue weighted by atomic mass is 14.4. The van der Waals surface area contributed by atoms with E-state index in [4.69, 9.17) is 0 Å². The normalized spacial score (nSPS) is 14.3. The Morgan fingerprint density at radius 1 is 0.375 bits per heavy atom. The molecule has 0 N–H and O–H groups in total. The molecule has 0 bridgehead atoms. The van der Waals surface area contributed by atoms with E-state index in [1.54, 1.807) is 0 Å². The van der Waals surface area contributed by atoms with Crippen LogP contribution >= 0.6 is 0 Å². The highest BCUT2D eigenvalue weighted by Crippen LogP contribution is 2.49. The molecule has 2 nitrogen and oxygen atoms in total. The third-order valence-electron chi connectivity index (χ3n) is 6.07. The average Bonchev–Trinajstić information content (AvgIpc) is 2.88. The van der Waals surface area contributed by atoms with Gasteiger partial charge in [-0.3, -0.25) is 0 Å². The Labute approximate surface area is 190 Å². The van der Waals surface area contributed by atoms with E-state index in [-0.39, 0.29) is 11.8 Å². The molecule has 32 heavy (non-hydrogen) atoms. The lowest BCUT2D eigenvalue weighted by atomic mass is 9.66. The summed E-state index contributed by atoms with van der Waals surface area (Å²) in [4.78, 5) is 0. The fourth-order valence-electron chi connectivity index (χ4n) is 4.61. The van der Waals surface area contributed by atoms with Gasteiger partial charge in [-0.05, 0) is 22.3 Å². The van der Waals surface area contributed by atoms with Crippen molar-refractivity contribution in [2.24, 2.45) is 0 Å². The summed E-state index contributed by atoms with van der Waals surface area (Å²) in [5, 5.41) is 20.8. The molecular weight excluding hydrogens is 388 g/mol. The predicted octanol–water partition coefficient (Wildman–Crippen LogP) is 7.17. The van der Waals surface area contributed by atoms with Gasteiger partial charge in [-0.2, -0.15) is 10.5 Å². The first kappa shape index (κ1) is 21.1. The Bertz CT molecular complexity index is 1090. The van der Waals surface area contributed by atoms with Gasteiger partial charge in [0.15, 0.2) is 0 Å². The molecule has 0 spiro atoms. The van der Waals surface area contributed by atoms with Crippen LogP contribution in [0.1, 0.15) is 45.9 Å². The second kappa shape index (κ2) is 10.3. The zero-order valence-corrected chi connectivity index (χ0v) is 17.8. The zero-order chi connectivity index (χ0) is 22.2. The Morgan fingerprint density at radius 3 is 0.875 bits per heavy atom. The van der Waals surface area contributed by atoms with E-state index >= 15 is 0 Å². The van der Waals surface area contributed by atoms with Crippen LogP contribution in [0.4, 0.5) is 0 Å². The van der Waals surface area contributed by atoms with Gasteiger partial charge in [-0.15, -0.1) is 0 Å². The van der Waals surface area contributed by atoms with Crippen molar-refractivity contribution < 1.29 is 0 Å². The lowest BCUT2D eigenvalue weighted by molar-refractivity contribution is 0.472. The minimum Gasteiger partial charge on any atom is -0.198 e. The SMILES string of the molecule is N#CC(c1ccccc1)C(c1ccccc1)C(c1ccccc1)C(C#N)c1ccccc1. The summed E-state index contributed by atoms with van der Waals surface area (Å²) in [5.41, 5.74) is 4.06. The van der Waals surface area contributed by atoms with Crippen molar-refractivity contribution >= 4 is 0 Å². The van der Waals surface area contributed by atoms with E-state index in [9.17, 15) is 10.5 Å². The summed E-state index contributed by atoms with van der Waals surface area (Å²) in [5.74, 6) is -1.20. The minimum atomic E-state index is -0.400. The molecule has 0 saturated carbocycles. The summed E-state index contributed by atoms with van der Waals surface area (Å²) >= 11 is 0. The van der Waals surface area contributed by atoms with Gasteiger partial charge >= 0.3 is 0 Å². The van der Waals surface area contributed by atoms with E-state index in [0.717, 1.165) is 22.3 Å². The molecule has 0 aliphatic rings. The van der Waals surface area contributed by atoms with Gasteiger partial charge in [-0.25, -0.2) is 0 Å². The second-order valence-electron chi connectivity index (χ2n) is 7.91. The molecule has 0 aliphatic heterocycles. The maximum Gasteiger partial charge on any atom is 0.0787 e. The monoisotopic (exact) mass is 412 g/mol. The molecule has 4 unspecified atom stereocenters. The molecule has 4 aromatic rings. The molecule has 4 atom stereocenters. The quantitative estimate of drug-likeness (QED) is 0.323. The van der Waals surface area contributed by atoms with Crippen LogP contribution in [0, 0.1) is 22.7 Å². The number of hydrogen-bond acceptors (Lipinski definition) is 2. The molecule has 0 aromatic heterocycles. The molecule has 2 heteroatoms. The van der Waals surface area contributed by atoms with Gasteiger partial charge in [0.1, 0.15) is 0 Å². The molecule has 0 aliphatic carbocycles. The van der Waals surface area contributed by atoms with Crippen LogP contribution in [0.25, 0.3) is 0 Å². The maximum atomic E-state index is 10.4. The molecular formula is C30H24N2. The number of nitriles is 2. The van der Waals surface area contributed by atoms with Crippen LogP contribution in [0.3, 0.4) is 0 Å². The summed E-state index contributed by atoms with van der Waals surface area (Å²) < 4.78 is 0. The van der Waals surface area contributed by atoms with E-state index in [1.165, 1.54) is 0 Å². The van der Waals surface area contributed by atoms with Crippen molar-refractivity contribution in [1.29, 1.82) is 10.5 Å². The Morgan fingerprint density at radius 2 is 0.625 bits per heavy atom. The smallest absolute Gasteiger partial charge is 0.0787 e. The molecule has 0 radical (unpaired) electrons. The highest BCUT2D eigenvalue weighted by molar-refractivity contribution is 5.42. The van der Waals surface area contributed by atoms with Crippen molar-refractivity contribution in [3.63, 3.8) is 0 Å². The first-order valence-electron chi connectivity index (χ1n) is 10.8. The van der Waals surface area contributed by atoms with Crippen LogP contribution < -0.4 is 0 Å². The van der Waals surface area contributed by atoms with Gasteiger partial charge in [0.2, 0.25) is 0 Å². The van der Waals surface area contributed by atoms with Crippen molar-refractivity contribution in [2.45, 2.75) is 23.7 Å². The average molecular weight is 413 g/mol. The van der Waals surface area contributed by atoms with Gasteiger partial charge in [0.25, 0.3) is 0 Å². The Hall–Kier alpha value is -4.14. The lowest BCUT2D eigenvalue weighted by Gasteiger charge is -2.34. The number of nitrogens with zero attached hydrogens (tertiary/aromatic N) is 2. The fourth-order valence-corrected chi connectivity index (χ4v) is 4.61. The Balaban J connectivity index is 1.95. The summed E-state index contributed by atoms with van der Waals surface area (Å²) in [7, 11) is 0. The minimum absolute atomic E-state index is 0.198. The van der Waals surface area contributed by atoms with Crippen LogP contribution in [0.5, 0.6) is 0 Å². The molecule has 0 fully saturated rings. The highest BCUT2D eigenvalue weighted by Gasteiger charge is 2.38. The van der Waals surface area contributed by atoms with Crippen molar-refractivity contribution in [3.05, 3.63) is 144 Å². The molecule has 0 heterocycles. The van der Waals surface area contributed by atoms with Crippen molar-refractivity contribution in [1.82, 2.24) is 0 Å². The van der Waals surface area contributed by atoms with E-state index in [0.29, 0.717) is 0 Å². The molecule has 0 amide bonds. The lowest BCUT2D eigenvalue weighted by Crippen LogP contribution is -2.23. The van der Waals surface area contributed by atoms with E-state index in [1.807, 2.05) is 97.1 Å². The number of rotatable bonds is 7. The third kappa shape index (κ3) is 4.46. The summed E-state index contributed by atoms with van der Waals surface area (Å²) in [6, 6.07) is 45.3. The summed E-state index contributed by atoms with van der Waals surface area (Å²) in [6.45, 7) is 0. The fraction of sp³-hybridized carbons (Fsp3) is 0.133. The molecule has 4 rings (SSSR count). The van der Waals surface area contributed by atoms with Gasteiger partial charge in [0.05, 0.1) is 24.0 Å². The zero-order valence-electron chi connectivity index (χ0n) is 17.8. The van der Waals surface area contributed by atoms with Crippen LogP contribution in [0.2, 0.25) is 0 Å². The van der Waals surface area contributed by atoms with Gasteiger partial charge in [0, 0.05) is 11.8 Å². The first-order chi connectivity index (χ1) is 15.8. The van der Waals surface area contributed by atoms with Crippen molar-refractivity contribution in [2.75, 3.05) is 0 Å². The maximum absolute atomic E-state index is 10.4. The van der Waals surface area contributed by atoms with Gasteiger partial charge in [-0.1, -0.05) is 121 Å². The Kier molecular flexibility index (Phi) is 6.76. The molecule has 154 valence electrons. The van der Waals surface area contributed by atoms with Crippen LogP contribution in [0.15, 0.2) is 121 Å². The number of benzene rings is 4. The largest absolute Gasteiger partial charge is 0.198 e. The van der Waals surface area contributed by atoms with Crippen molar-refractivity contribution in [3.8, 4) is 12.1 Å². The first-order valence-corrected chi connectivity index (χ1v) is 10.8. The third-order valence-corrected chi connectivity index (χ3v) is 6.07. The topological polar surface area (TPSA) is 47.6 Å². The standard InChI is InChI=1S/C30H24N2/c31-21-27(23-13-5-1-6-14-23)29(25-17-9-3-10-18-25)30(26-19-11-4-12-20-26)28(22-32)24-15-7-2-8-16-24/h1-20,27-30H. The number of hydrogen-bond donors (Lipinski definition) is 0. The molecule has 0 saturated heterocycles. The second-order valence-corrected chi connectivity index (χ2v) is 7.91. The van der Waals surface area contributed by atoms with Gasteiger partial charge < -0.3 is 0 Å². The van der Waals surface area contributed by atoms with Crippen LogP contribution in [-0.4, -0.2) is 0 Å².